The smallest absolute Gasteiger partial charge is 0.265 e. The quantitative estimate of drug-likeness (QED) is 0.822. The highest BCUT2D eigenvalue weighted by Gasteiger charge is 2.24. The number of nitrogens with two attached hydrogens (primary N) is 1. The first kappa shape index (κ1) is 14.9. The standard InChI is InChI=1S/C12H15BrN4O2S/c1-7-12(8(2)17(3)15-7)20(18,19)16-11-5-4-9(14)6-10(11)13/h4-6,16H,14H2,1-3H3. The molecule has 8 heteroatoms. The van der Waals surface area contributed by atoms with Gasteiger partial charge in [-0.1, -0.05) is 0 Å². The zero-order valence-corrected chi connectivity index (χ0v) is 13.7. The molecular weight excluding hydrogens is 344 g/mol. The number of nitrogen functional groups attached to an aromatic ring is 1. The SMILES string of the molecule is Cc1nn(C)c(C)c1S(=O)(=O)Nc1ccc(N)cc1Br. The minimum atomic E-state index is -3.69. The van der Waals surface area contributed by atoms with Gasteiger partial charge in [-0.05, 0) is 48.0 Å². The van der Waals surface area contributed by atoms with E-state index in [2.05, 4.69) is 25.8 Å². The van der Waals surface area contributed by atoms with E-state index < -0.39 is 10.0 Å². The van der Waals surface area contributed by atoms with Crippen molar-refractivity contribution in [1.82, 2.24) is 9.78 Å². The number of sulfonamides is 1. The van der Waals surface area contributed by atoms with E-state index in [4.69, 9.17) is 5.73 Å². The van der Waals surface area contributed by atoms with Crippen molar-refractivity contribution in [3.8, 4) is 0 Å². The van der Waals surface area contributed by atoms with Crippen LogP contribution in [0.3, 0.4) is 0 Å². The van der Waals surface area contributed by atoms with E-state index in [9.17, 15) is 8.42 Å². The lowest BCUT2D eigenvalue weighted by Gasteiger charge is -2.10. The molecule has 1 aromatic carbocycles. The van der Waals surface area contributed by atoms with Crippen LogP contribution < -0.4 is 10.5 Å². The van der Waals surface area contributed by atoms with E-state index in [0.717, 1.165) is 0 Å². The van der Waals surface area contributed by atoms with E-state index in [-0.39, 0.29) is 4.90 Å². The highest BCUT2D eigenvalue weighted by atomic mass is 79.9. The number of benzene rings is 1. The maximum absolute atomic E-state index is 12.5. The van der Waals surface area contributed by atoms with Crippen molar-refractivity contribution in [3.05, 3.63) is 34.1 Å². The average molecular weight is 359 g/mol. The molecule has 0 atom stereocenters. The van der Waals surface area contributed by atoms with E-state index >= 15 is 0 Å². The topological polar surface area (TPSA) is 90.0 Å². The summed E-state index contributed by atoms with van der Waals surface area (Å²) in [4.78, 5) is 0.198. The maximum Gasteiger partial charge on any atom is 0.265 e. The van der Waals surface area contributed by atoms with E-state index in [0.29, 0.717) is 27.2 Å². The van der Waals surface area contributed by atoms with Crippen molar-refractivity contribution < 1.29 is 8.42 Å². The highest BCUT2D eigenvalue weighted by molar-refractivity contribution is 9.10. The van der Waals surface area contributed by atoms with Crippen LogP contribution in [0, 0.1) is 13.8 Å². The highest BCUT2D eigenvalue weighted by Crippen LogP contribution is 2.28. The fourth-order valence-electron chi connectivity index (χ4n) is 1.95. The van der Waals surface area contributed by atoms with Gasteiger partial charge in [0.1, 0.15) is 4.90 Å². The first-order valence-electron chi connectivity index (χ1n) is 5.80. The molecule has 2 rings (SSSR count). The summed E-state index contributed by atoms with van der Waals surface area (Å²) in [6.07, 6.45) is 0. The molecule has 0 aliphatic heterocycles. The number of nitrogens with one attached hydrogen (secondary N) is 1. The summed E-state index contributed by atoms with van der Waals surface area (Å²) < 4.78 is 29.6. The number of aryl methyl sites for hydroxylation is 2. The summed E-state index contributed by atoms with van der Waals surface area (Å²) in [6.45, 7) is 3.38. The third-order valence-electron chi connectivity index (χ3n) is 2.95. The maximum atomic E-state index is 12.5. The van der Waals surface area contributed by atoms with Crippen molar-refractivity contribution in [2.24, 2.45) is 7.05 Å². The Labute approximate surface area is 126 Å². The molecule has 0 fully saturated rings. The fourth-order valence-corrected chi connectivity index (χ4v) is 4.10. The number of nitrogens with zero attached hydrogens (tertiary/aromatic N) is 2. The fraction of sp³-hybridized carbons (Fsp3) is 0.250. The van der Waals surface area contributed by atoms with Crippen LogP contribution in [0.25, 0.3) is 0 Å². The molecule has 1 heterocycles. The Morgan fingerprint density at radius 3 is 2.50 bits per heavy atom. The molecule has 0 aliphatic rings. The lowest BCUT2D eigenvalue weighted by Crippen LogP contribution is -2.15. The average Bonchev–Trinajstić information content (AvgIpc) is 2.57. The van der Waals surface area contributed by atoms with Gasteiger partial charge in [0.05, 0.1) is 17.1 Å². The van der Waals surface area contributed by atoms with Gasteiger partial charge in [0.2, 0.25) is 0 Å². The van der Waals surface area contributed by atoms with Gasteiger partial charge in [-0.15, -0.1) is 0 Å². The largest absolute Gasteiger partial charge is 0.399 e. The second-order valence-electron chi connectivity index (χ2n) is 4.47. The van der Waals surface area contributed by atoms with E-state index in [1.54, 1.807) is 43.8 Å². The minimum Gasteiger partial charge on any atom is -0.399 e. The van der Waals surface area contributed by atoms with Crippen LogP contribution in [-0.2, 0) is 17.1 Å². The molecule has 0 aliphatic carbocycles. The Kier molecular flexibility index (Phi) is 3.79. The molecular formula is C12H15BrN4O2S. The van der Waals surface area contributed by atoms with Gasteiger partial charge in [-0.2, -0.15) is 5.10 Å². The molecule has 6 nitrogen and oxygen atoms in total. The van der Waals surface area contributed by atoms with Crippen molar-refractivity contribution in [3.63, 3.8) is 0 Å². The Balaban J connectivity index is 2.46. The summed E-state index contributed by atoms with van der Waals surface area (Å²) in [6, 6.07) is 4.88. The van der Waals surface area contributed by atoms with Gasteiger partial charge in [0.15, 0.2) is 0 Å². The number of aromatic nitrogens is 2. The van der Waals surface area contributed by atoms with Crippen LogP contribution in [0.2, 0.25) is 0 Å². The molecule has 0 unspecified atom stereocenters. The van der Waals surface area contributed by atoms with Crippen LogP contribution in [0.5, 0.6) is 0 Å². The molecule has 0 spiro atoms. The minimum absolute atomic E-state index is 0.198. The first-order valence-corrected chi connectivity index (χ1v) is 8.08. The lowest BCUT2D eigenvalue weighted by atomic mass is 10.3. The van der Waals surface area contributed by atoms with Gasteiger partial charge < -0.3 is 5.73 Å². The second-order valence-corrected chi connectivity index (χ2v) is 6.94. The van der Waals surface area contributed by atoms with Crippen molar-refractivity contribution in [2.75, 3.05) is 10.5 Å². The summed E-state index contributed by atoms with van der Waals surface area (Å²) in [5, 5.41) is 4.12. The normalized spacial score (nSPS) is 11.6. The molecule has 1 aromatic heterocycles. The molecule has 3 N–H and O–H groups in total. The Bertz CT molecular complexity index is 768. The Hall–Kier alpha value is -1.54. The predicted octanol–water partition coefficient (Wildman–Crippen LogP) is 2.18. The molecule has 0 saturated heterocycles. The molecule has 108 valence electrons. The number of anilines is 2. The third kappa shape index (κ3) is 2.66. The van der Waals surface area contributed by atoms with Crippen LogP contribution in [-0.4, -0.2) is 18.2 Å². The van der Waals surface area contributed by atoms with E-state index in [1.165, 1.54) is 0 Å². The molecule has 0 bridgehead atoms. The van der Waals surface area contributed by atoms with Crippen LogP contribution in [0.1, 0.15) is 11.4 Å². The molecule has 0 radical (unpaired) electrons. The lowest BCUT2D eigenvalue weighted by molar-refractivity contribution is 0.599. The van der Waals surface area contributed by atoms with Gasteiger partial charge in [-0.3, -0.25) is 9.40 Å². The van der Waals surface area contributed by atoms with Crippen LogP contribution in [0.4, 0.5) is 11.4 Å². The summed E-state index contributed by atoms with van der Waals surface area (Å²) >= 11 is 3.29. The number of rotatable bonds is 3. The zero-order valence-electron chi connectivity index (χ0n) is 11.3. The van der Waals surface area contributed by atoms with Crippen molar-refractivity contribution >= 4 is 37.3 Å². The van der Waals surface area contributed by atoms with Gasteiger partial charge in [0.25, 0.3) is 10.0 Å². The number of hydrogen-bond acceptors (Lipinski definition) is 4. The molecule has 0 saturated carbocycles. The molecule has 20 heavy (non-hydrogen) atoms. The molecule has 2 aromatic rings. The molecule has 0 amide bonds. The summed E-state index contributed by atoms with van der Waals surface area (Å²) in [7, 11) is -1.98. The van der Waals surface area contributed by atoms with Crippen LogP contribution in [0.15, 0.2) is 27.6 Å². The predicted molar refractivity (Wildman–Crippen MR) is 82.0 cm³/mol. The van der Waals surface area contributed by atoms with Gasteiger partial charge >= 0.3 is 0 Å². The van der Waals surface area contributed by atoms with Gasteiger partial charge in [0, 0.05) is 17.2 Å². The Morgan fingerprint density at radius 2 is 2.00 bits per heavy atom. The van der Waals surface area contributed by atoms with Crippen molar-refractivity contribution in [2.45, 2.75) is 18.7 Å². The van der Waals surface area contributed by atoms with Crippen molar-refractivity contribution in [1.29, 1.82) is 0 Å². The monoisotopic (exact) mass is 358 g/mol. The number of halogens is 1. The number of hydrogen-bond donors (Lipinski definition) is 2. The first-order chi connectivity index (χ1) is 9.22. The summed E-state index contributed by atoms with van der Waals surface area (Å²) in [5.41, 5.74) is 7.66. The van der Waals surface area contributed by atoms with E-state index in [1.807, 2.05) is 0 Å². The second kappa shape index (κ2) is 5.10. The zero-order chi connectivity index (χ0) is 15.1. The Morgan fingerprint density at radius 1 is 1.35 bits per heavy atom. The third-order valence-corrected chi connectivity index (χ3v) is 5.22. The van der Waals surface area contributed by atoms with Gasteiger partial charge in [-0.25, -0.2) is 8.42 Å². The summed E-state index contributed by atoms with van der Waals surface area (Å²) in [5.74, 6) is 0. The van der Waals surface area contributed by atoms with Crippen LogP contribution >= 0.6 is 15.9 Å².